The zero-order chi connectivity index (χ0) is 17.1. The highest BCUT2D eigenvalue weighted by molar-refractivity contribution is 6.63. The second kappa shape index (κ2) is 5.01. The minimum atomic E-state index is -0.469. The maximum absolute atomic E-state index is 6.20. The average molecular weight is 324 g/mol. The quantitative estimate of drug-likeness (QED) is 0.671. The normalized spacial score (nSPS) is 19.3. The van der Waals surface area contributed by atoms with E-state index in [0.717, 1.165) is 27.4 Å². The first kappa shape index (κ1) is 15.5. The molecule has 2 heterocycles. The third-order valence-corrected chi connectivity index (χ3v) is 5.24. The van der Waals surface area contributed by atoms with Crippen molar-refractivity contribution in [1.82, 2.24) is 0 Å². The lowest BCUT2D eigenvalue weighted by Gasteiger charge is -2.32. The van der Waals surface area contributed by atoms with E-state index in [-0.39, 0.29) is 0 Å². The predicted octanol–water partition coefficient (Wildman–Crippen LogP) is 3.89. The number of methoxy groups -OCH3 is 1. The van der Waals surface area contributed by atoms with Crippen molar-refractivity contribution >= 4 is 34.5 Å². The van der Waals surface area contributed by atoms with Crippen LogP contribution in [0.3, 0.4) is 0 Å². The van der Waals surface area contributed by atoms with E-state index in [9.17, 15) is 0 Å². The van der Waals surface area contributed by atoms with Crippen LogP contribution in [-0.2, 0) is 9.31 Å². The summed E-state index contributed by atoms with van der Waals surface area (Å²) < 4.78 is 23.9. The Morgan fingerprint density at radius 1 is 0.875 bits per heavy atom. The van der Waals surface area contributed by atoms with E-state index in [1.165, 1.54) is 0 Å². The first-order chi connectivity index (χ1) is 11.3. The van der Waals surface area contributed by atoms with Crippen molar-refractivity contribution in [2.45, 2.75) is 38.9 Å². The number of furan rings is 1. The molecular formula is C19H21BO4. The fourth-order valence-corrected chi connectivity index (χ4v) is 3.10. The van der Waals surface area contributed by atoms with Crippen LogP contribution in [-0.4, -0.2) is 25.4 Å². The monoisotopic (exact) mass is 324 g/mol. The molecule has 1 saturated heterocycles. The minimum absolute atomic E-state index is 0.393. The number of fused-ring (bicyclic) bond motifs is 3. The molecule has 1 fully saturated rings. The molecule has 1 aliphatic rings. The molecule has 1 aliphatic heterocycles. The van der Waals surface area contributed by atoms with Crippen LogP contribution in [0.15, 0.2) is 40.8 Å². The molecule has 0 unspecified atom stereocenters. The lowest BCUT2D eigenvalue weighted by atomic mass is 9.77. The fraction of sp³-hybridized carbons (Fsp3) is 0.368. The Morgan fingerprint density at radius 2 is 1.54 bits per heavy atom. The predicted molar refractivity (Wildman–Crippen MR) is 96.0 cm³/mol. The topological polar surface area (TPSA) is 40.8 Å². The standard InChI is InChI=1S/C19H21BO4/c1-18(2)19(3,4)24-20(23-18)14-10-13-12-8-6-7-9-15(12)22-16(13)11-17(14)21-5/h6-11H,1-5H3. The van der Waals surface area contributed by atoms with E-state index in [0.29, 0.717) is 5.75 Å². The highest BCUT2D eigenvalue weighted by Crippen LogP contribution is 2.38. The van der Waals surface area contributed by atoms with Gasteiger partial charge in [0, 0.05) is 22.3 Å². The Hall–Kier alpha value is -1.98. The number of hydrogen-bond donors (Lipinski definition) is 0. The molecule has 3 aromatic rings. The zero-order valence-electron chi connectivity index (χ0n) is 14.7. The summed E-state index contributed by atoms with van der Waals surface area (Å²) in [5, 5.41) is 2.11. The molecule has 5 heteroatoms. The largest absolute Gasteiger partial charge is 0.498 e. The van der Waals surface area contributed by atoms with Crippen LogP contribution in [0.5, 0.6) is 5.75 Å². The Kier molecular flexibility index (Phi) is 3.24. The summed E-state index contributed by atoms with van der Waals surface area (Å²) in [5.74, 6) is 0.708. The summed E-state index contributed by atoms with van der Waals surface area (Å²) in [4.78, 5) is 0. The van der Waals surface area contributed by atoms with Crippen molar-refractivity contribution in [2.24, 2.45) is 0 Å². The molecule has 0 amide bonds. The highest BCUT2D eigenvalue weighted by Gasteiger charge is 2.52. The first-order valence-corrected chi connectivity index (χ1v) is 8.17. The molecular weight excluding hydrogens is 303 g/mol. The molecule has 2 aromatic carbocycles. The van der Waals surface area contributed by atoms with E-state index in [1.54, 1.807) is 7.11 Å². The maximum Gasteiger partial charge on any atom is 0.498 e. The minimum Gasteiger partial charge on any atom is -0.497 e. The third-order valence-electron chi connectivity index (χ3n) is 5.24. The molecule has 0 bridgehead atoms. The number of hydrogen-bond acceptors (Lipinski definition) is 4. The van der Waals surface area contributed by atoms with Crippen LogP contribution in [0.25, 0.3) is 21.9 Å². The molecule has 4 nitrogen and oxygen atoms in total. The fourth-order valence-electron chi connectivity index (χ4n) is 3.10. The summed E-state index contributed by atoms with van der Waals surface area (Å²) >= 11 is 0. The summed E-state index contributed by atoms with van der Waals surface area (Å²) in [5.41, 5.74) is 1.76. The van der Waals surface area contributed by atoms with Crippen LogP contribution >= 0.6 is 0 Å². The number of ether oxygens (including phenoxy) is 1. The van der Waals surface area contributed by atoms with Crippen molar-refractivity contribution < 1.29 is 18.5 Å². The second-order valence-corrected chi connectivity index (χ2v) is 7.28. The molecule has 1 aromatic heterocycles. The smallest absolute Gasteiger partial charge is 0.497 e. The maximum atomic E-state index is 6.20. The van der Waals surface area contributed by atoms with E-state index in [2.05, 4.69) is 12.1 Å². The van der Waals surface area contributed by atoms with Gasteiger partial charge < -0.3 is 18.5 Å². The van der Waals surface area contributed by atoms with Gasteiger partial charge in [0.2, 0.25) is 0 Å². The Bertz CT molecular complexity index is 910. The summed E-state index contributed by atoms with van der Waals surface area (Å²) in [6.45, 7) is 8.19. The summed E-state index contributed by atoms with van der Waals surface area (Å²) in [7, 11) is 1.18. The van der Waals surface area contributed by atoms with Gasteiger partial charge in [-0.05, 0) is 39.8 Å². The van der Waals surface area contributed by atoms with Crippen molar-refractivity contribution in [3.8, 4) is 5.75 Å². The van der Waals surface area contributed by atoms with Gasteiger partial charge in [-0.15, -0.1) is 0 Å². The first-order valence-electron chi connectivity index (χ1n) is 8.17. The molecule has 0 N–H and O–H groups in total. The summed E-state index contributed by atoms with van der Waals surface area (Å²) in [6.07, 6.45) is 0. The lowest BCUT2D eigenvalue weighted by Crippen LogP contribution is -2.41. The second-order valence-electron chi connectivity index (χ2n) is 7.28. The third kappa shape index (κ3) is 2.15. The Morgan fingerprint density at radius 3 is 2.21 bits per heavy atom. The number of rotatable bonds is 2. The van der Waals surface area contributed by atoms with E-state index < -0.39 is 18.3 Å². The van der Waals surface area contributed by atoms with E-state index in [1.807, 2.05) is 52.0 Å². The van der Waals surface area contributed by atoms with Gasteiger partial charge in [-0.25, -0.2) is 0 Å². The molecule has 4 rings (SSSR count). The Balaban J connectivity index is 1.90. The van der Waals surface area contributed by atoms with Gasteiger partial charge in [0.05, 0.1) is 18.3 Å². The number of para-hydroxylation sites is 1. The zero-order valence-corrected chi connectivity index (χ0v) is 14.7. The van der Waals surface area contributed by atoms with Gasteiger partial charge in [-0.1, -0.05) is 18.2 Å². The highest BCUT2D eigenvalue weighted by atomic mass is 16.7. The van der Waals surface area contributed by atoms with Crippen molar-refractivity contribution in [1.29, 1.82) is 0 Å². The van der Waals surface area contributed by atoms with Gasteiger partial charge in [-0.2, -0.15) is 0 Å². The van der Waals surface area contributed by atoms with E-state index >= 15 is 0 Å². The molecule has 0 saturated carbocycles. The van der Waals surface area contributed by atoms with Gasteiger partial charge in [-0.3, -0.25) is 0 Å². The SMILES string of the molecule is COc1cc2oc3ccccc3c2cc1B1OC(C)(C)C(C)(C)O1. The summed E-state index contributed by atoms with van der Waals surface area (Å²) in [6, 6.07) is 12.0. The van der Waals surface area contributed by atoms with Gasteiger partial charge in [0.15, 0.2) is 0 Å². The van der Waals surface area contributed by atoms with Crippen LogP contribution in [0.2, 0.25) is 0 Å². The van der Waals surface area contributed by atoms with Crippen molar-refractivity contribution in [2.75, 3.05) is 7.11 Å². The van der Waals surface area contributed by atoms with Gasteiger partial charge in [0.25, 0.3) is 0 Å². The molecule has 0 aliphatic carbocycles. The molecule has 24 heavy (non-hydrogen) atoms. The number of benzene rings is 2. The van der Waals surface area contributed by atoms with Crippen LogP contribution < -0.4 is 10.2 Å². The lowest BCUT2D eigenvalue weighted by molar-refractivity contribution is 0.00578. The molecule has 0 atom stereocenters. The van der Waals surface area contributed by atoms with Crippen molar-refractivity contribution in [3.05, 3.63) is 36.4 Å². The molecule has 124 valence electrons. The van der Waals surface area contributed by atoms with Crippen molar-refractivity contribution in [3.63, 3.8) is 0 Å². The van der Waals surface area contributed by atoms with Crippen LogP contribution in [0, 0.1) is 0 Å². The average Bonchev–Trinajstić information content (AvgIpc) is 2.99. The molecule has 0 radical (unpaired) electrons. The van der Waals surface area contributed by atoms with Gasteiger partial charge >= 0.3 is 7.12 Å². The van der Waals surface area contributed by atoms with E-state index in [4.69, 9.17) is 18.5 Å². The molecule has 0 spiro atoms. The Labute approximate surface area is 141 Å². The van der Waals surface area contributed by atoms with Gasteiger partial charge in [0.1, 0.15) is 16.9 Å². The van der Waals surface area contributed by atoms with Crippen LogP contribution in [0.4, 0.5) is 0 Å². The van der Waals surface area contributed by atoms with Crippen LogP contribution in [0.1, 0.15) is 27.7 Å².